The lowest BCUT2D eigenvalue weighted by Gasteiger charge is -2.14. The summed E-state index contributed by atoms with van der Waals surface area (Å²) in [5.74, 6) is -1.30. The molecule has 0 unspecified atom stereocenters. The van der Waals surface area contributed by atoms with E-state index >= 15 is 0 Å². The molecule has 3 aromatic carbocycles. The van der Waals surface area contributed by atoms with Gasteiger partial charge in [0.25, 0.3) is 0 Å². The summed E-state index contributed by atoms with van der Waals surface area (Å²) in [6.45, 7) is 0. The van der Waals surface area contributed by atoms with Crippen LogP contribution >= 0.6 is 0 Å². The van der Waals surface area contributed by atoms with Crippen molar-refractivity contribution < 1.29 is 30.7 Å². The Bertz CT molecular complexity index is 1090. The minimum Gasteiger partial charge on any atom is -0.406 e. The predicted molar refractivity (Wildman–Crippen MR) is 87.4 cm³/mol. The fourth-order valence-corrected chi connectivity index (χ4v) is 3.65. The van der Waals surface area contributed by atoms with Crippen LogP contribution in [0.1, 0.15) is 0 Å². The highest BCUT2D eigenvalue weighted by Gasteiger charge is 2.31. The molecule has 0 fully saturated rings. The standard InChI is InChI=1S/C17H11F4NO3S/c18-15-9-14(10-4-3-5-11(8-10)25-17(19,20)21)16(26(22,23)24)13-7-2-1-6-12(13)15/h1-9H,(H2,22,23,24). The first kappa shape index (κ1) is 18.2. The first-order valence-electron chi connectivity index (χ1n) is 7.16. The van der Waals surface area contributed by atoms with Gasteiger partial charge in [-0.2, -0.15) is 0 Å². The van der Waals surface area contributed by atoms with Crippen LogP contribution < -0.4 is 9.88 Å². The summed E-state index contributed by atoms with van der Waals surface area (Å²) >= 11 is 0. The molecule has 0 atom stereocenters. The van der Waals surface area contributed by atoms with E-state index in [0.717, 1.165) is 18.2 Å². The zero-order valence-electron chi connectivity index (χ0n) is 12.9. The maximum Gasteiger partial charge on any atom is 0.573 e. The summed E-state index contributed by atoms with van der Waals surface area (Å²) < 4.78 is 79.7. The third-order valence-electron chi connectivity index (χ3n) is 3.61. The highest BCUT2D eigenvalue weighted by Crippen LogP contribution is 2.36. The lowest BCUT2D eigenvalue weighted by Crippen LogP contribution is -2.17. The second-order valence-corrected chi connectivity index (χ2v) is 6.90. The van der Waals surface area contributed by atoms with Crippen LogP contribution in [-0.2, 0) is 10.0 Å². The summed E-state index contributed by atoms with van der Waals surface area (Å²) in [7, 11) is -4.30. The van der Waals surface area contributed by atoms with Crippen LogP contribution in [0.25, 0.3) is 21.9 Å². The van der Waals surface area contributed by atoms with Crippen molar-refractivity contribution in [3.05, 3.63) is 60.4 Å². The molecule has 0 aromatic heterocycles. The maximum absolute atomic E-state index is 14.4. The van der Waals surface area contributed by atoms with Gasteiger partial charge in [-0.15, -0.1) is 13.2 Å². The molecule has 0 bridgehead atoms. The minimum absolute atomic E-state index is 0.0143. The van der Waals surface area contributed by atoms with Crippen molar-refractivity contribution in [2.75, 3.05) is 0 Å². The van der Waals surface area contributed by atoms with E-state index in [1.54, 1.807) is 0 Å². The van der Waals surface area contributed by atoms with Crippen molar-refractivity contribution >= 4 is 20.8 Å². The van der Waals surface area contributed by atoms with Crippen molar-refractivity contribution in [1.82, 2.24) is 0 Å². The van der Waals surface area contributed by atoms with Crippen LogP contribution in [0.4, 0.5) is 17.6 Å². The molecule has 9 heteroatoms. The zero-order valence-corrected chi connectivity index (χ0v) is 13.7. The van der Waals surface area contributed by atoms with E-state index in [9.17, 15) is 26.0 Å². The Balaban J connectivity index is 2.31. The van der Waals surface area contributed by atoms with Crippen LogP contribution in [0.15, 0.2) is 59.5 Å². The van der Waals surface area contributed by atoms with E-state index in [4.69, 9.17) is 5.14 Å². The number of halogens is 4. The molecule has 3 aromatic rings. The molecule has 2 N–H and O–H groups in total. The number of rotatable bonds is 3. The Labute approximate surface area is 145 Å². The third kappa shape index (κ3) is 3.63. The van der Waals surface area contributed by atoms with Crippen molar-refractivity contribution in [3.8, 4) is 16.9 Å². The van der Waals surface area contributed by atoms with Crippen molar-refractivity contribution in [1.29, 1.82) is 0 Å². The van der Waals surface area contributed by atoms with Gasteiger partial charge in [-0.3, -0.25) is 0 Å². The fraction of sp³-hybridized carbons (Fsp3) is 0.0588. The van der Waals surface area contributed by atoms with Gasteiger partial charge < -0.3 is 4.74 Å². The van der Waals surface area contributed by atoms with Crippen LogP contribution in [0.5, 0.6) is 5.75 Å². The fourth-order valence-electron chi connectivity index (χ4n) is 2.69. The molecular weight excluding hydrogens is 374 g/mol. The first-order valence-corrected chi connectivity index (χ1v) is 8.71. The van der Waals surface area contributed by atoms with E-state index < -0.39 is 28.0 Å². The minimum atomic E-state index is -4.92. The second-order valence-electron chi connectivity index (χ2n) is 5.40. The molecule has 0 saturated heterocycles. The molecule has 0 amide bonds. The number of primary sulfonamides is 1. The van der Waals surface area contributed by atoms with Gasteiger partial charge >= 0.3 is 6.36 Å². The number of nitrogens with two attached hydrogens (primary N) is 1. The quantitative estimate of drug-likeness (QED) is 0.688. The third-order valence-corrected chi connectivity index (χ3v) is 4.62. The van der Waals surface area contributed by atoms with Crippen LogP contribution in [0.2, 0.25) is 0 Å². The van der Waals surface area contributed by atoms with Crippen molar-refractivity contribution in [2.24, 2.45) is 5.14 Å². The number of sulfonamides is 1. The Morgan fingerprint density at radius 1 is 0.923 bits per heavy atom. The summed E-state index contributed by atoms with van der Waals surface area (Å²) in [5, 5.41) is 5.35. The molecule has 0 saturated carbocycles. The van der Waals surface area contributed by atoms with Crippen LogP contribution in [-0.4, -0.2) is 14.8 Å². The van der Waals surface area contributed by atoms with Gasteiger partial charge in [0.2, 0.25) is 10.0 Å². The predicted octanol–water partition coefficient (Wildman–Crippen LogP) is 4.19. The van der Waals surface area contributed by atoms with Crippen molar-refractivity contribution in [2.45, 2.75) is 11.3 Å². The average molecular weight is 385 g/mol. The van der Waals surface area contributed by atoms with Gasteiger partial charge in [0.1, 0.15) is 11.6 Å². The number of benzene rings is 3. The summed E-state index contributed by atoms with van der Waals surface area (Å²) in [4.78, 5) is -0.376. The maximum atomic E-state index is 14.4. The monoisotopic (exact) mass is 385 g/mol. The van der Waals surface area contributed by atoms with Gasteiger partial charge in [0.15, 0.2) is 0 Å². The zero-order chi connectivity index (χ0) is 19.1. The average Bonchev–Trinajstić information content (AvgIpc) is 2.52. The molecule has 0 aliphatic heterocycles. The molecule has 4 nitrogen and oxygen atoms in total. The summed E-state index contributed by atoms with van der Waals surface area (Å²) in [5.41, 5.74) is -0.142. The van der Waals surface area contributed by atoms with E-state index in [0.29, 0.717) is 0 Å². The van der Waals surface area contributed by atoms with E-state index in [2.05, 4.69) is 4.74 Å². The summed E-state index contributed by atoms with van der Waals surface area (Å²) in [6.07, 6.45) is -4.92. The molecule has 0 spiro atoms. The second kappa shape index (κ2) is 6.26. The molecule has 0 heterocycles. The first-order chi connectivity index (χ1) is 12.1. The normalized spacial score (nSPS) is 12.3. The van der Waals surface area contributed by atoms with E-state index in [1.807, 2.05) is 0 Å². The van der Waals surface area contributed by atoms with E-state index in [-0.39, 0.29) is 26.8 Å². The van der Waals surface area contributed by atoms with Gasteiger partial charge in [-0.05, 0) is 23.8 Å². The van der Waals surface area contributed by atoms with Crippen molar-refractivity contribution in [3.63, 3.8) is 0 Å². The molecule has 3 rings (SSSR count). The molecule has 0 aliphatic rings. The van der Waals surface area contributed by atoms with Gasteiger partial charge in [0.05, 0.1) is 4.90 Å². The van der Waals surface area contributed by atoms with Crippen LogP contribution in [0.3, 0.4) is 0 Å². The Kier molecular flexibility index (Phi) is 4.37. The topological polar surface area (TPSA) is 69.4 Å². The lowest BCUT2D eigenvalue weighted by atomic mass is 10.0. The molecule has 0 radical (unpaired) electrons. The Morgan fingerprint density at radius 2 is 1.58 bits per heavy atom. The lowest BCUT2D eigenvalue weighted by molar-refractivity contribution is -0.274. The number of hydrogen-bond donors (Lipinski definition) is 1. The molecular formula is C17H11F4NO3S. The molecule has 26 heavy (non-hydrogen) atoms. The van der Waals surface area contributed by atoms with Gasteiger partial charge in [-0.1, -0.05) is 36.4 Å². The van der Waals surface area contributed by atoms with E-state index in [1.165, 1.54) is 36.4 Å². The SMILES string of the molecule is NS(=O)(=O)c1c(-c2cccc(OC(F)(F)F)c2)cc(F)c2ccccc12. The number of alkyl halides is 3. The summed E-state index contributed by atoms with van der Waals surface area (Å²) in [6, 6.07) is 11.3. The number of fused-ring (bicyclic) bond motifs is 1. The highest BCUT2D eigenvalue weighted by molar-refractivity contribution is 7.89. The smallest absolute Gasteiger partial charge is 0.406 e. The molecule has 136 valence electrons. The van der Waals surface area contributed by atoms with Gasteiger partial charge in [-0.25, -0.2) is 17.9 Å². The molecule has 0 aliphatic carbocycles. The number of hydrogen-bond acceptors (Lipinski definition) is 3. The Hall–Kier alpha value is -2.65. The number of ether oxygens (including phenoxy) is 1. The highest BCUT2D eigenvalue weighted by atomic mass is 32.2. The Morgan fingerprint density at radius 3 is 2.19 bits per heavy atom. The van der Waals surface area contributed by atoms with Crippen LogP contribution in [0, 0.1) is 5.82 Å². The largest absolute Gasteiger partial charge is 0.573 e. The van der Waals surface area contributed by atoms with Gasteiger partial charge in [0, 0.05) is 16.3 Å².